The summed E-state index contributed by atoms with van der Waals surface area (Å²) < 4.78 is 25.9. The number of benzene rings is 2. The van der Waals surface area contributed by atoms with Crippen LogP contribution in [0.15, 0.2) is 57.9 Å². The van der Waals surface area contributed by atoms with Gasteiger partial charge in [0, 0.05) is 15.1 Å². The molecule has 8 heteroatoms. The first-order valence-electron chi connectivity index (χ1n) is 6.97. The Kier molecular flexibility index (Phi) is 6.31. The van der Waals surface area contributed by atoms with E-state index < -0.39 is 15.9 Å². The fraction of sp³-hybridized carbons (Fsp3) is 0.188. The minimum atomic E-state index is -3.59. The first-order valence-corrected chi connectivity index (χ1v) is 10.8. The molecular formula is C16H17BrN2O3S2. The summed E-state index contributed by atoms with van der Waals surface area (Å²) >= 11 is 4.87. The van der Waals surface area contributed by atoms with Crippen molar-refractivity contribution in [1.82, 2.24) is 0 Å². The molecular weight excluding hydrogens is 412 g/mol. The van der Waals surface area contributed by atoms with Crippen LogP contribution in [-0.4, -0.2) is 33.4 Å². The van der Waals surface area contributed by atoms with Crippen LogP contribution in [0.25, 0.3) is 0 Å². The molecule has 0 radical (unpaired) electrons. The van der Waals surface area contributed by atoms with Crippen molar-refractivity contribution in [2.24, 2.45) is 0 Å². The summed E-state index contributed by atoms with van der Waals surface area (Å²) in [4.78, 5) is 13.3. The van der Waals surface area contributed by atoms with Gasteiger partial charge >= 0.3 is 0 Å². The molecule has 24 heavy (non-hydrogen) atoms. The van der Waals surface area contributed by atoms with E-state index >= 15 is 0 Å². The smallest absolute Gasteiger partial charge is 0.245 e. The lowest BCUT2D eigenvalue weighted by molar-refractivity contribution is -0.114. The Morgan fingerprint density at radius 1 is 1.21 bits per heavy atom. The average Bonchev–Trinajstić information content (AvgIpc) is 2.51. The summed E-state index contributed by atoms with van der Waals surface area (Å²) in [6, 6.07) is 14.2. The molecule has 128 valence electrons. The standard InChI is InChI=1S/C16H17BrN2O3S2/c1-23-15-8-4-6-13(10-15)18-16(20)11-19(24(2,21)22)14-7-3-5-12(17)9-14/h3-10H,11H2,1-2H3,(H,18,20). The quantitative estimate of drug-likeness (QED) is 0.713. The van der Waals surface area contributed by atoms with Crippen molar-refractivity contribution in [3.8, 4) is 0 Å². The predicted octanol–water partition coefficient (Wildman–Crippen LogP) is 3.58. The van der Waals surface area contributed by atoms with E-state index in [2.05, 4.69) is 21.2 Å². The van der Waals surface area contributed by atoms with Crippen LogP contribution in [0.4, 0.5) is 11.4 Å². The molecule has 0 aliphatic carbocycles. The van der Waals surface area contributed by atoms with E-state index in [9.17, 15) is 13.2 Å². The molecule has 1 N–H and O–H groups in total. The van der Waals surface area contributed by atoms with E-state index in [0.717, 1.165) is 19.9 Å². The maximum Gasteiger partial charge on any atom is 0.245 e. The van der Waals surface area contributed by atoms with Crippen molar-refractivity contribution in [2.45, 2.75) is 4.90 Å². The highest BCUT2D eigenvalue weighted by Crippen LogP contribution is 2.23. The number of anilines is 2. The molecule has 2 aromatic carbocycles. The topological polar surface area (TPSA) is 66.5 Å². The molecule has 0 aliphatic rings. The van der Waals surface area contributed by atoms with Crippen LogP contribution in [0.5, 0.6) is 0 Å². The highest BCUT2D eigenvalue weighted by atomic mass is 79.9. The van der Waals surface area contributed by atoms with Crippen molar-refractivity contribution in [2.75, 3.05) is 28.7 Å². The van der Waals surface area contributed by atoms with Crippen LogP contribution in [0.1, 0.15) is 0 Å². The number of hydrogen-bond acceptors (Lipinski definition) is 4. The fourth-order valence-electron chi connectivity index (χ4n) is 2.06. The van der Waals surface area contributed by atoms with Crippen molar-refractivity contribution in [1.29, 1.82) is 0 Å². The molecule has 0 aromatic heterocycles. The first kappa shape index (κ1) is 18.8. The summed E-state index contributed by atoms with van der Waals surface area (Å²) in [5.41, 5.74) is 1.06. The first-order chi connectivity index (χ1) is 11.3. The minimum Gasteiger partial charge on any atom is -0.324 e. The van der Waals surface area contributed by atoms with Crippen molar-refractivity contribution in [3.63, 3.8) is 0 Å². The number of carbonyl (C=O) groups excluding carboxylic acids is 1. The molecule has 0 fully saturated rings. The lowest BCUT2D eigenvalue weighted by Crippen LogP contribution is -2.37. The largest absolute Gasteiger partial charge is 0.324 e. The molecule has 0 spiro atoms. The molecule has 0 saturated heterocycles. The van der Waals surface area contributed by atoms with Gasteiger partial charge in [0.2, 0.25) is 15.9 Å². The second-order valence-electron chi connectivity index (χ2n) is 5.03. The molecule has 0 atom stereocenters. The van der Waals surface area contributed by atoms with Gasteiger partial charge in [-0.05, 0) is 42.7 Å². The number of rotatable bonds is 6. The number of carbonyl (C=O) groups is 1. The number of thioether (sulfide) groups is 1. The Hall–Kier alpha value is -1.51. The van der Waals surface area contributed by atoms with Crippen LogP contribution >= 0.6 is 27.7 Å². The van der Waals surface area contributed by atoms with Crippen molar-refractivity contribution >= 4 is 55.0 Å². The maximum atomic E-state index is 12.3. The zero-order valence-corrected chi connectivity index (χ0v) is 16.4. The van der Waals surface area contributed by atoms with E-state index in [1.165, 1.54) is 0 Å². The van der Waals surface area contributed by atoms with E-state index in [-0.39, 0.29) is 6.54 Å². The number of nitrogens with zero attached hydrogens (tertiary/aromatic N) is 1. The third kappa shape index (κ3) is 5.25. The fourth-order valence-corrected chi connectivity index (χ4v) is 3.76. The van der Waals surface area contributed by atoms with Gasteiger partial charge in [0.05, 0.1) is 11.9 Å². The summed E-state index contributed by atoms with van der Waals surface area (Å²) in [5.74, 6) is -0.404. The van der Waals surface area contributed by atoms with Gasteiger partial charge in [0.25, 0.3) is 0 Å². The van der Waals surface area contributed by atoms with Crippen LogP contribution in [-0.2, 0) is 14.8 Å². The van der Waals surface area contributed by atoms with Gasteiger partial charge < -0.3 is 5.32 Å². The number of amides is 1. The van der Waals surface area contributed by atoms with Gasteiger partial charge in [-0.1, -0.05) is 28.1 Å². The van der Waals surface area contributed by atoms with E-state index in [1.54, 1.807) is 42.1 Å². The van der Waals surface area contributed by atoms with Crippen molar-refractivity contribution < 1.29 is 13.2 Å². The van der Waals surface area contributed by atoms with Gasteiger partial charge in [0.1, 0.15) is 6.54 Å². The van der Waals surface area contributed by atoms with Crippen LogP contribution in [0.2, 0.25) is 0 Å². The SMILES string of the molecule is CSc1cccc(NC(=O)CN(c2cccc(Br)c2)S(C)(=O)=O)c1. The summed E-state index contributed by atoms with van der Waals surface area (Å²) in [7, 11) is -3.59. The second kappa shape index (κ2) is 8.04. The third-order valence-electron chi connectivity index (χ3n) is 3.14. The second-order valence-corrected chi connectivity index (χ2v) is 8.73. The van der Waals surface area contributed by atoms with Crippen molar-refractivity contribution in [3.05, 3.63) is 53.0 Å². The van der Waals surface area contributed by atoms with E-state index in [0.29, 0.717) is 11.4 Å². The van der Waals surface area contributed by atoms with E-state index in [4.69, 9.17) is 0 Å². The number of nitrogens with one attached hydrogen (secondary N) is 1. The summed E-state index contributed by atoms with van der Waals surface area (Å²) in [6.07, 6.45) is 3.02. The Morgan fingerprint density at radius 3 is 2.54 bits per heavy atom. The Morgan fingerprint density at radius 2 is 1.92 bits per heavy atom. The number of sulfonamides is 1. The van der Waals surface area contributed by atoms with Gasteiger partial charge in [0.15, 0.2) is 0 Å². The Bertz CT molecular complexity index is 841. The van der Waals surface area contributed by atoms with Crippen LogP contribution in [0, 0.1) is 0 Å². The number of halogens is 1. The number of hydrogen-bond donors (Lipinski definition) is 1. The summed E-state index contributed by atoms with van der Waals surface area (Å²) in [5, 5.41) is 2.73. The summed E-state index contributed by atoms with van der Waals surface area (Å²) in [6.45, 7) is -0.293. The molecule has 0 unspecified atom stereocenters. The highest BCUT2D eigenvalue weighted by molar-refractivity contribution is 9.10. The van der Waals surface area contributed by atoms with Gasteiger partial charge in [-0.25, -0.2) is 8.42 Å². The van der Waals surface area contributed by atoms with Crippen LogP contribution < -0.4 is 9.62 Å². The maximum absolute atomic E-state index is 12.3. The normalized spacial score (nSPS) is 11.1. The monoisotopic (exact) mass is 428 g/mol. The molecule has 0 aliphatic heterocycles. The molecule has 0 saturated carbocycles. The molecule has 2 rings (SSSR count). The predicted molar refractivity (Wildman–Crippen MR) is 103 cm³/mol. The minimum absolute atomic E-state index is 0.293. The molecule has 1 amide bonds. The van der Waals surface area contributed by atoms with Gasteiger partial charge in [-0.3, -0.25) is 9.10 Å². The Labute approximate surface area is 154 Å². The lowest BCUT2D eigenvalue weighted by atomic mass is 10.3. The Balaban J connectivity index is 2.19. The lowest BCUT2D eigenvalue weighted by Gasteiger charge is -2.22. The average molecular weight is 429 g/mol. The molecule has 5 nitrogen and oxygen atoms in total. The zero-order chi connectivity index (χ0) is 17.7. The third-order valence-corrected chi connectivity index (χ3v) is 5.50. The highest BCUT2D eigenvalue weighted by Gasteiger charge is 2.21. The zero-order valence-electron chi connectivity index (χ0n) is 13.2. The molecule has 0 heterocycles. The van der Waals surface area contributed by atoms with Crippen LogP contribution in [0.3, 0.4) is 0 Å². The van der Waals surface area contributed by atoms with E-state index in [1.807, 2.05) is 24.5 Å². The molecule has 2 aromatic rings. The van der Waals surface area contributed by atoms with Gasteiger partial charge in [-0.2, -0.15) is 0 Å². The van der Waals surface area contributed by atoms with Gasteiger partial charge in [-0.15, -0.1) is 11.8 Å². The molecule has 0 bridgehead atoms.